The van der Waals surface area contributed by atoms with Crippen molar-refractivity contribution in [1.29, 1.82) is 0 Å². The molecule has 2 aliphatic heterocycles. The van der Waals surface area contributed by atoms with Gasteiger partial charge in [-0.1, -0.05) is 29.8 Å². The Labute approximate surface area is 241 Å². The monoisotopic (exact) mass is 571 g/mol. The second-order valence-corrected chi connectivity index (χ2v) is 11.3. The number of nitrogen functional groups attached to an aromatic ring is 1. The van der Waals surface area contributed by atoms with Crippen LogP contribution in [-0.4, -0.2) is 87.8 Å². The number of rotatable bonds is 10. The first kappa shape index (κ1) is 30.1. The predicted molar refractivity (Wildman–Crippen MR) is 154 cm³/mol. The number of hydrogen-bond acceptors (Lipinski definition) is 8. The average molecular weight is 572 g/mol. The molecule has 0 unspecified atom stereocenters. The van der Waals surface area contributed by atoms with Gasteiger partial charge in [0.2, 0.25) is 0 Å². The number of aromatic carboxylic acids is 1. The first-order valence-corrected chi connectivity index (χ1v) is 14.3. The van der Waals surface area contributed by atoms with E-state index in [4.69, 9.17) is 26.8 Å². The number of halogens is 1. The number of methoxy groups -OCH3 is 2. The van der Waals surface area contributed by atoms with Gasteiger partial charge in [0, 0.05) is 31.8 Å². The topological polar surface area (TPSA) is 120 Å². The molecule has 2 aliphatic rings. The van der Waals surface area contributed by atoms with E-state index < -0.39 is 5.97 Å². The normalized spacial score (nSPS) is 20.8. The zero-order chi connectivity index (χ0) is 28.8. The highest BCUT2D eigenvalue weighted by atomic mass is 35.5. The third-order valence-corrected chi connectivity index (χ3v) is 8.59. The minimum absolute atomic E-state index is 0.149. The molecule has 4 rings (SSSR count). The summed E-state index contributed by atoms with van der Waals surface area (Å²) in [5.41, 5.74) is 8.94. The lowest BCUT2D eigenvalue weighted by Crippen LogP contribution is -2.55. The number of likely N-dealkylation sites (tertiary alicyclic amines) is 2. The highest BCUT2D eigenvalue weighted by Gasteiger charge is 2.31. The van der Waals surface area contributed by atoms with Crippen LogP contribution in [0.1, 0.15) is 63.4 Å². The highest BCUT2D eigenvalue weighted by molar-refractivity contribution is 6.33. The number of piperidine rings is 2. The van der Waals surface area contributed by atoms with Crippen molar-refractivity contribution in [2.75, 3.05) is 59.7 Å². The molecule has 2 fully saturated rings. The zero-order valence-electron chi connectivity index (χ0n) is 23.6. The molecule has 3 N–H and O–H groups in total. The SMILES string of the molecule is COc1cc(N)c(Cl)cc1C(=O)N[C@@H]1CCN(CCCc2ccc(C(=O)[O-])c(C3CCN(C)CC3)c2)C[C@@H]1OC. The Bertz CT molecular complexity index is 1200. The Balaban J connectivity index is 1.32. The van der Waals surface area contributed by atoms with Crippen molar-refractivity contribution in [3.63, 3.8) is 0 Å². The number of carbonyl (C=O) groups is 2. The van der Waals surface area contributed by atoms with Crippen molar-refractivity contribution >= 4 is 29.2 Å². The van der Waals surface area contributed by atoms with Crippen LogP contribution in [0.5, 0.6) is 5.75 Å². The third-order valence-electron chi connectivity index (χ3n) is 8.26. The van der Waals surface area contributed by atoms with E-state index in [1.54, 1.807) is 19.2 Å². The van der Waals surface area contributed by atoms with Crippen LogP contribution in [0.2, 0.25) is 5.02 Å². The fraction of sp³-hybridized carbons (Fsp3) is 0.533. The molecule has 2 atom stereocenters. The second kappa shape index (κ2) is 13.7. The quantitative estimate of drug-likeness (QED) is 0.418. The van der Waals surface area contributed by atoms with E-state index in [2.05, 4.69) is 28.2 Å². The van der Waals surface area contributed by atoms with Gasteiger partial charge in [-0.25, -0.2) is 0 Å². The van der Waals surface area contributed by atoms with E-state index in [9.17, 15) is 14.7 Å². The van der Waals surface area contributed by atoms with Gasteiger partial charge in [-0.3, -0.25) is 4.79 Å². The molecule has 2 aromatic carbocycles. The average Bonchev–Trinajstić information content (AvgIpc) is 2.95. The lowest BCUT2D eigenvalue weighted by atomic mass is 9.85. The number of carbonyl (C=O) groups excluding carboxylic acids is 2. The summed E-state index contributed by atoms with van der Waals surface area (Å²) in [6.07, 6.45) is 4.30. The highest BCUT2D eigenvalue weighted by Crippen LogP contribution is 2.31. The molecule has 1 amide bonds. The Hall–Kier alpha value is -2.85. The van der Waals surface area contributed by atoms with Gasteiger partial charge in [-0.2, -0.15) is 0 Å². The number of ether oxygens (including phenoxy) is 2. The van der Waals surface area contributed by atoms with Crippen molar-refractivity contribution in [2.45, 2.75) is 50.2 Å². The predicted octanol–water partition coefficient (Wildman–Crippen LogP) is 2.56. The number of amides is 1. The number of hydrogen-bond donors (Lipinski definition) is 2. The van der Waals surface area contributed by atoms with E-state index >= 15 is 0 Å². The van der Waals surface area contributed by atoms with Gasteiger partial charge in [0.05, 0.1) is 41.5 Å². The Morgan fingerprint density at radius 1 is 1.10 bits per heavy atom. The second-order valence-electron chi connectivity index (χ2n) is 10.9. The molecule has 0 aliphatic carbocycles. The zero-order valence-corrected chi connectivity index (χ0v) is 24.3. The van der Waals surface area contributed by atoms with Gasteiger partial charge in [-0.15, -0.1) is 0 Å². The molecular formula is C30H40ClN4O5-. The third kappa shape index (κ3) is 7.26. The molecule has 2 heterocycles. The number of aryl methyl sites for hydroxylation is 1. The minimum Gasteiger partial charge on any atom is -0.545 e. The van der Waals surface area contributed by atoms with Gasteiger partial charge in [0.1, 0.15) is 5.75 Å². The van der Waals surface area contributed by atoms with Gasteiger partial charge in [0.25, 0.3) is 5.91 Å². The fourth-order valence-corrected chi connectivity index (χ4v) is 6.03. The van der Waals surface area contributed by atoms with Crippen LogP contribution in [0.15, 0.2) is 30.3 Å². The van der Waals surface area contributed by atoms with Crippen molar-refractivity contribution in [3.8, 4) is 5.75 Å². The number of anilines is 1. The number of nitrogens with zero attached hydrogens (tertiary/aromatic N) is 2. The van der Waals surface area contributed by atoms with Crippen LogP contribution in [0.25, 0.3) is 0 Å². The molecular weight excluding hydrogens is 532 g/mol. The summed E-state index contributed by atoms with van der Waals surface area (Å²) in [5.74, 6) is -0.749. The van der Waals surface area contributed by atoms with Crippen LogP contribution in [0.3, 0.4) is 0 Å². The minimum atomic E-state index is -1.10. The van der Waals surface area contributed by atoms with Gasteiger partial charge >= 0.3 is 0 Å². The van der Waals surface area contributed by atoms with E-state index in [-0.39, 0.29) is 24.0 Å². The number of nitrogens with one attached hydrogen (secondary N) is 1. The summed E-state index contributed by atoms with van der Waals surface area (Å²) in [6.45, 7) is 4.35. The molecule has 2 saturated heterocycles. The summed E-state index contributed by atoms with van der Waals surface area (Å²) < 4.78 is 11.1. The van der Waals surface area contributed by atoms with Crippen LogP contribution >= 0.6 is 11.6 Å². The van der Waals surface area contributed by atoms with Gasteiger partial charge in [-0.05, 0) is 81.9 Å². The van der Waals surface area contributed by atoms with E-state index in [0.717, 1.165) is 69.4 Å². The summed E-state index contributed by atoms with van der Waals surface area (Å²) in [6, 6.07) is 8.65. The maximum Gasteiger partial charge on any atom is 0.255 e. The molecule has 0 aromatic heterocycles. The molecule has 0 radical (unpaired) electrons. The molecule has 218 valence electrons. The van der Waals surface area contributed by atoms with Crippen molar-refractivity contribution in [3.05, 3.63) is 57.6 Å². The van der Waals surface area contributed by atoms with Crippen LogP contribution in [0.4, 0.5) is 5.69 Å². The Morgan fingerprint density at radius 3 is 2.52 bits per heavy atom. The number of carboxylic acid groups (broad SMARTS) is 1. The van der Waals surface area contributed by atoms with E-state index in [1.165, 1.54) is 13.2 Å². The molecule has 10 heteroatoms. The van der Waals surface area contributed by atoms with Crippen LogP contribution < -0.4 is 20.9 Å². The van der Waals surface area contributed by atoms with Crippen molar-refractivity contribution < 1.29 is 24.2 Å². The number of nitrogens with two attached hydrogens (primary N) is 1. The summed E-state index contributed by atoms with van der Waals surface area (Å²) in [5, 5.41) is 15.2. The molecule has 0 saturated carbocycles. The molecule has 0 spiro atoms. The number of benzene rings is 2. The summed E-state index contributed by atoms with van der Waals surface area (Å²) in [4.78, 5) is 29.5. The number of carboxylic acids is 1. The molecule has 40 heavy (non-hydrogen) atoms. The maximum absolute atomic E-state index is 13.0. The van der Waals surface area contributed by atoms with E-state index in [1.807, 2.05) is 6.07 Å². The smallest absolute Gasteiger partial charge is 0.255 e. The fourth-order valence-electron chi connectivity index (χ4n) is 5.87. The Kier molecular flexibility index (Phi) is 10.3. The van der Waals surface area contributed by atoms with Crippen molar-refractivity contribution in [2.24, 2.45) is 0 Å². The summed E-state index contributed by atoms with van der Waals surface area (Å²) >= 11 is 6.15. The van der Waals surface area contributed by atoms with Crippen molar-refractivity contribution in [1.82, 2.24) is 15.1 Å². The van der Waals surface area contributed by atoms with Gasteiger partial charge < -0.3 is 40.2 Å². The first-order chi connectivity index (χ1) is 19.2. The largest absolute Gasteiger partial charge is 0.545 e. The maximum atomic E-state index is 13.0. The lowest BCUT2D eigenvalue weighted by molar-refractivity contribution is -0.255. The van der Waals surface area contributed by atoms with Gasteiger partial charge in [0.15, 0.2) is 0 Å². The molecule has 0 bridgehead atoms. The van der Waals surface area contributed by atoms with E-state index in [0.29, 0.717) is 34.1 Å². The van der Waals surface area contributed by atoms with Crippen LogP contribution in [-0.2, 0) is 11.2 Å². The Morgan fingerprint density at radius 2 is 1.85 bits per heavy atom. The summed E-state index contributed by atoms with van der Waals surface area (Å²) in [7, 11) is 5.25. The lowest BCUT2D eigenvalue weighted by Gasteiger charge is -2.38. The first-order valence-electron chi connectivity index (χ1n) is 13.9. The standard InChI is InChI=1S/C30H41ClN4O5/c1-34-12-8-20(9-13-34)22-15-19(6-7-21(22)30(37)38)5-4-11-35-14-10-26(28(18-35)40-3)33-29(36)23-16-24(31)25(32)17-27(23)39-2/h6-7,15-17,20,26,28H,4-5,8-14,18,32H2,1-3H3,(H,33,36)(H,37,38)/p-1/t26-,28+/m1/s1. The molecule has 2 aromatic rings. The van der Waals surface area contributed by atoms with Crippen LogP contribution in [0, 0.1) is 0 Å². The molecule has 9 nitrogen and oxygen atoms in total.